The number of rotatable bonds is 6. The number of amides is 1. The van der Waals surface area contributed by atoms with Gasteiger partial charge in [0, 0.05) is 12.5 Å². The zero-order valence-electron chi connectivity index (χ0n) is 12.5. The summed E-state index contributed by atoms with van der Waals surface area (Å²) in [4.78, 5) is 11.9. The normalized spacial score (nSPS) is 32.3. The van der Waals surface area contributed by atoms with Crippen LogP contribution in [-0.2, 0) is 9.53 Å². The van der Waals surface area contributed by atoms with Gasteiger partial charge in [-0.05, 0) is 52.4 Å². The van der Waals surface area contributed by atoms with Gasteiger partial charge in [-0.25, -0.2) is 0 Å². The van der Waals surface area contributed by atoms with Crippen LogP contribution in [0.2, 0.25) is 0 Å². The summed E-state index contributed by atoms with van der Waals surface area (Å²) in [6.45, 7) is 6.36. The van der Waals surface area contributed by atoms with E-state index in [4.69, 9.17) is 10.5 Å². The molecular weight excluding hydrogens is 240 g/mol. The van der Waals surface area contributed by atoms with E-state index in [2.05, 4.69) is 26.1 Å². The molecule has 0 saturated heterocycles. The Bertz CT molecular complexity index is 339. The van der Waals surface area contributed by atoms with Crippen LogP contribution >= 0.6 is 0 Å². The van der Waals surface area contributed by atoms with Crippen LogP contribution < -0.4 is 11.1 Å². The average molecular weight is 268 g/mol. The van der Waals surface area contributed by atoms with Crippen LogP contribution in [-0.4, -0.2) is 29.2 Å². The fraction of sp³-hybridized carbons (Fsp3) is 0.933. The van der Waals surface area contributed by atoms with E-state index in [9.17, 15) is 4.79 Å². The molecule has 2 unspecified atom stereocenters. The second-order valence-electron chi connectivity index (χ2n) is 6.81. The quantitative estimate of drug-likeness (QED) is 0.775. The van der Waals surface area contributed by atoms with Gasteiger partial charge in [0.15, 0.2) is 0 Å². The van der Waals surface area contributed by atoms with E-state index >= 15 is 0 Å². The molecule has 0 aromatic heterocycles. The number of primary amides is 1. The molecule has 2 saturated carbocycles. The van der Waals surface area contributed by atoms with E-state index in [1.165, 1.54) is 12.8 Å². The van der Waals surface area contributed by atoms with Crippen molar-refractivity contribution in [2.45, 2.75) is 89.0 Å². The molecule has 0 heterocycles. The van der Waals surface area contributed by atoms with Gasteiger partial charge in [0.25, 0.3) is 0 Å². The van der Waals surface area contributed by atoms with Gasteiger partial charge in [-0.1, -0.05) is 6.92 Å². The Hall–Kier alpha value is -0.610. The van der Waals surface area contributed by atoms with Crippen molar-refractivity contribution < 1.29 is 9.53 Å². The van der Waals surface area contributed by atoms with E-state index in [-0.39, 0.29) is 17.6 Å². The fourth-order valence-corrected chi connectivity index (χ4v) is 2.90. The van der Waals surface area contributed by atoms with Crippen molar-refractivity contribution in [2.24, 2.45) is 5.73 Å². The highest BCUT2D eigenvalue weighted by Crippen LogP contribution is 2.35. The molecule has 19 heavy (non-hydrogen) atoms. The number of carbonyl (C=O) groups is 1. The smallest absolute Gasteiger partial charge is 0.237 e. The van der Waals surface area contributed by atoms with Gasteiger partial charge >= 0.3 is 0 Å². The summed E-state index contributed by atoms with van der Waals surface area (Å²) in [5, 5.41) is 3.48. The maximum Gasteiger partial charge on any atom is 0.237 e. The summed E-state index contributed by atoms with van der Waals surface area (Å²) >= 11 is 0. The van der Waals surface area contributed by atoms with Crippen molar-refractivity contribution in [1.82, 2.24) is 5.32 Å². The van der Waals surface area contributed by atoms with Crippen molar-refractivity contribution in [3.63, 3.8) is 0 Å². The molecule has 110 valence electrons. The van der Waals surface area contributed by atoms with Crippen LogP contribution in [0.1, 0.15) is 65.7 Å². The topological polar surface area (TPSA) is 64.3 Å². The number of ether oxygens (including phenoxy) is 1. The molecule has 0 radical (unpaired) electrons. The molecule has 2 rings (SSSR count). The Labute approximate surface area is 116 Å². The molecule has 0 aromatic carbocycles. The zero-order valence-corrected chi connectivity index (χ0v) is 12.5. The molecule has 0 aromatic rings. The minimum atomic E-state index is -0.534. The van der Waals surface area contributed by atoms with Crippen LogP contribution in [0.25, 0.3) is 0 Å². The lowest BCUT2D eigenvalue weighted by molar-refractivity contribution is -0.134. The van der Waals surface area contributed by atoms with Crippen LogP contribution in [0.15, 0.2) is 0 Å². The van der Waals surface area contributed by atoms with Gasteiger partial charge in [-0.15, -0.1) is 0 Å². The third-order valence-electron chi connectivity index (χ3n) is 4.57. The van der Waals surface area contributed by atoms with Crippen LogP contribution in [0, 0.1) is 0 Å². The Morgan fingerprint density at radius 2 is 2.11 bits per heavy atom. The highest BCUT2D eigenvalue weighted by molar-refractivity contribution is 5.85. The second-order valence-corrected chi connectivity index (χ2v) is 6.81. The molecule has 4 heteroatoms. The van der Waals surface area contributed by atoms with Crippen LogP contribution in [0.5, 0.6) is 0 Å². The largest absolute Gasteiger partial charge is 0.372 e. The van der Waals surface area contributed by atoms with Crippen LogP contribution in [0.3, 0.4) is 0 Å². The molecule has 2 aliphatic rings. The van der Waals surface area contributed by atoms with Crippen molar-refractivity contribution in [2.75, 3.05) is 0 Å². The highest BCUT2D eigenvalue weighted by Gasteiger charge is 2.45. The van der Waals surface area contributed by atoms with Gasteiger partial charge in [0.1, 0.15) is 5.54 Å². The number of hydrogen-bond acceptors (Lipinski definition) is 3. The predicted octanol–water partition coefficient (Wildman–Crippen LogP) is 2.11. The number of nitrogens with one attached hydrogen (secondary N) is 1. The monoisotopic (exact) mass is 268 g/mol. The SMILES string of the molecule is CCC(C)(C)OC1CCCC(NC2CC2)(C(N)=O)C1. The predicted molar refractivity (Wildman–Crippen MR) is 75.8 cm³/mol. The fourth-order valence-electron chi connectivity index (χ4n) is 2.90. The summed E-state index contributed by atoms with van der Waals surface area (Å²) in [5.41, 5.74) is 5.03. The zero-order chi connectivity index (χ0) is 14.1. The lowest BCUT2D eigenvalue weighted by Gasteiger charge is -2.42. The molecule has 2 fully saturated rings. The summed E-state index contributed by atoms with van der Waals surface area (Å²) in [7, 11) is 0. The maximum atomic E-state index is 11.9. The molecule has 3 N–H and O–H groups in total. The molecule has 2 aliphatic carbocycles. The first-order chi connectivity index (χ1) is 8.87. The van der Waals surface area contributed by atoms with Gasteiger partial charge in [-0.2, -0.15) is 0 Å². The summed E-state index contributed by atoms with van der Waals surface area (Å²) in [5.74, 6) is -0.206. The third kappa shape index (κ3) is 3.69. The molecule has 1 amide bonds. The standard InChI is InChI=1S/C15H28N2O2/c1-4-14(2,3)19-12-6-5-9-15(10-12,13(16)18)17-11-7-8-11/h11-12,17H,4-10H2,1-3H3,(H2,16,18). The summed E-state index contributed by atoms with van der Waals surface area (Å²) in [6, 6.07) is 0.491. The Balaban J connectivity index is 2.02. The van der Waals surface area contributed by atoms with Crippen molar-refractivity contribution in [1.29, 1.82) is 0 Å². The van der Waals surface area contributed by atoms with Crippen molar-refractivity contribution >= 4 is 5.91 Å². The van der Waals surface area contributed by atoms with Crippen molar-refractivity contribution in [3.05, 3.63) is 0 Å². The minimum Gasteiger partial charge on any atom is -0.372 e. The number of nitrogens with two attached hydrogens (primary N) is 1. The van der Waals surface area contributed by atoms with E-state index in [1.807, 2.05) is 0 Å². The third-order valence-corrected chi connectivity index (χ3v) is 4.57. The second kappa shape index (κ2) is 5.41. The Kier molecular flexibility index (Phi) is 4.21. The first kappa shape index (κ1) is 14.8. The van der Waals surface area contributed by atoms with Gasteiger partial charge in [0.2, 0.25) is 5.91 Å². The molecule has 0 aliphatic heterocycles. The molecule has 0 bridgehead atoms. The van der Waals surface area contributed by atoms with E-state index in [0.29, 0.717) is 6.04 Å². The lowest BCUT2D eigenvalue weighted by atomic mass is 9.79. The number of hydrogen-bond donors (Lipinski definition) is 2. The lowest BCUT2D eigenvalue weighted by Crippen LogP contribution is -2.60. The molecule has 0 spiro atoms. The van der Waals surface area contributed by atoms with Crippen molar-refractivity contribution in [3.8, 4) is 0 Å². The highest BCUT2D eigenvalue weighted by atomic mass is 16.5. The Morgan fingerprint density at radius 3 is 2.63 bits per heavy atom. The number of carbonyl (C=O) groups excluding carboxylic acids is 1. The maximum absolute atomic E-state index is 11.9. The molecular formula is C15H28N2O2. The first-order valence-electron chi connectivity index (χ1n) is 7.62. The Morgan fingerprint density at radius 1 is 1.42 bits per heavy atom. The average Bonchev–Trinajstić information content (AvgIpc) is 3.12. The minimum absolute atomic E-state index is 0.120. The van der Waals surface area contributed by atoms with Crippen LogP contribution in [0.4, 0.5) is 0 Å². The first-order valence-corrected chi connectivity index (χ1v) is 7.62. The van der Waals surface area contributed by atoms with E-state index in [0.717, 1.165) is 32.1 Å². The van der Waals surface area contributed by atoms with Gasteiger partial charge in [-0.3, -0.25) is 4.79 Å². The molecule has 2 atom stereocenters. The summed E-state index contributed by atoms with van der Waals surface area (Å²) in [6.07, 6.45) is 7.07. The van der Waals surface area contributed by atoms with Gasteiger partial charge in [0.05, 0.1) is 11.7 Å². The summed E-state index contributed by atoms with van der Waals surface area (Å²) < 4.78 is 6.19. The van der Waals surface area contributed by atoms with E-state index < -0.39 is 5.54 Å². The van der Waals surface area contributed by atoms with E-state index in [1.54, 1.807) is 0 Å². The van der Waals surface area contributed by atoms with Gasteiger partial charge < -0.3 is 15.8 Å². The molecule has 4 nitrogen and oxygen atoms in total.